The third-order valence-corrected chi connectivity index (χ3v) is 4.43. The Morgan fingerprint density at radius 3 is 1.60 bits per heavy atom. The molecule has 2 aliphatic heterocycles. The summed E-state index contributed by atoms with van der Waals surface area (Å²) in [5.41, 5.74) is 1.08. The molecule has 2 heterocycles. The summed E-state index contributed by atoms with van der Waals surface area (Å²) in [4.78, 5) is 0. The van der Waals surface area contributed by atoms with Crippen molar-refractivity contribution in [3.8, 4) is 23.0 Å². The Labute approximate surface area is 143 Å². The molecule has 4 atom stereocenters. The van der Waals surface area contributed by atoms with Crippen molar-refractivity contribution >= 4 is 0 Å². The standard InChI is InChI=1S/C18H18O7/c19-11-5-1-3-9(15(11)21)17-13(24-17)7-23-8-14-18(25-14)10-4-2-6-12(20)16(10)22/h1-6,13-14,17-22H,7-8H2. The van der Waals surface area contributed by atoms with Crippen molar-refractivity contribution in [3.63, 3.8) is 0 Å². The van der Waals surface area contributed by atoms with E-state index in [1.165, 1.54) is 12.1 Å². The Kier molecular flexibility index (Phi) is 3.91. The van der Waals surface area contributed by atoms with Gasteiger partial charge in [0.15, 0.2) is 23.0 Å². The number of hydrogen-bond acceptors (Lipinski definition) is 7. The lowest BCUT2D eigenvalue weighted by molar-refractivity contribution is 0.102. The molecule has 7 heteroatoms. The molecule has 2 saturated heterocycles. The van der Waals surface area contributed by atoms with Gasteiger partial charge in [-0.3, -0.25) is 0 Å². The number of para-hydroxylation sites is 2. The number of epoxide rings is 2. The first-order valence-electron chi connectivity index (χ1n) is 7.96. The van der Waals surface area contributed by atoms with Crippen molar-refractivity contribution in [2.45, 2.75) is 24.4 Å². The van der Waals surface area contributed by atoms with Crippen molar-refractivity contribution in [1.82, 2.24) is 0 Å². The first kappa shape index (κ1) is 16.0. The molecule has 2 aromatic rings. The van der Waals surface area contributed by atoms with E-state index in [4.69, 9.17) is 14.2 Å². The number of rotatable bonds is 6. The van der Waals surface area contributed by atoms with Crippen LogP contribution in [0.5, 0.6) is 23.0 Å². The van der Waals surface area contributed by atoms with Gasteiger partial charge in [-0.1, -0.05) is 24.3 Å². The molecule has 4 unspecified atom stereocenters. The van der Waals surface area contributed by atoms with E-state index >= 15 is 0 Å². The number of phenols is 4. The van der Waals surface area contributed by atoms with Gasteiger partial charge in [0.05, 0.1) is 13.2 Å². The number of phenolic OH excluding ortho intramolecular Hbond substituents is 4. The smallest absolute Gasteiger partial charge is 0.163 e. The van der Waals surface area contributed by atoms with E-state index in [0.717, 1.165) is 0 Å². The van der Waals surface area contributed by atoms with E-state index in [0.29, 0.717) is 24.3 Å². The van der Waals surface area contributed by atoms with E-state index < -0.39 is 0 Å². The van der Waals surface area contributed by atoms with Gasteiger partial charge in [-0.05, 0) is 12.1 Å². The first-order chi connectivity index (χ1) is 12.1. The zero-order valence-electron chi connectivity index (χ0n) is 13.2. The minimum atomic E-state index is -0.293. The Morgan fingerprint density at radius 1 is 0.720 bits per heavy atom. The second-order valence-corrected chi connectivity index (χ2v) is 6.16. The SMILES string of the molecule is Oc1cccc(C2OC2COCC2OC2c2cccc(O)c2O)c1O. The number of ether oxygens (including phenoxy) is 3. The first-order valence-corrected chi connectivity index (χ1v) is 7.96. The minimum absolute atomic E-state index is 0.167. The Hall–Kier alpha value is -2.48. The molecule has 2 fully saturated rings. The van der Waals surface area contributed by atoms with E-state index in [-0.39, 0.29) is 47.4 Å². The quantitative estimate of drug-likeness (QED) is 0.468. The predicted molar refractivity (Wildman–Crippen MR) is 85.6 cm³/mol. The number of hydrogen-bond donors (Lipinski definition) is 4. The van der Waals surface area contributed by atoms with Crippen LogP contribution in [-0.2, 0) is 14.2 Å². The Bertz CT molecular complexity index is 725. The zero-order valence-corrected chi connectivity index (χ0v) is 13.2. The third kappa shape index (κ3) is 3.09. The van der Waals surface area contributed by atoms with Crippen molar-refractivity contribution in [3.05, 3.63) is 47.5 Å². The molecule has 0 amide bonds. The summed E-state index contributed by atoms with van der Waals surface area (Å²) in [5, 5.41) is 38.7. The molecule has 0 bridgehead atoms. The molecule has 25 heavy (non-hydrogen) atoms. The van der Waals surface area contributed by atoms with Gasteiger partial charge in [-0.15, -0.1) is 0 Å². The summed E-state index contributed by atoms with van der Waals surface area (Å²) in [7, 11) is 0. The monoisotopic (exact) mass is 346 g/mol. The van der Waals surface area contributed by atoms with Crippen molar-refractivity contribution in [2.75, 3.05) is 13.2 Å². The molecule has 7 nitrogen and oxygen atoms in total. The van der Waals surface area contributed by atoms with Gasteiger partial charge >= 0.3 is 0 Å². The summed E-state index contributed by atoms with van der Waals surface area (Å²) < 4.78 is 16.5. The third-order valence-electron chi connectivity index (χ3n) is 4.43. The molecule has 0 aliphatic carbocycles. The molecule has 0 saturated carbocycles. The molecule has 2 aliphatic rings. The van der Waals surface area contributed by atoms with E-state index in [1.54, 1.807) is 24.3 Å². The molecule has 0 spiro atoms. The highest BCUT2D eigenvalue weighted by molar-refractivity contribution is 5.47. The lowest BCUT2D eigenvalue weighted by atomic mass is 10.1. The van der Waals surface area contributed by atoms with Crippen LogP contribution in [0.2, 0.25) is 0 Å². The molecule has 2 aromatic carbocycles. The second-order valence-electron chi connectivity index (χ2n) is 6.16. The fraction of sp³-hybridized carbons (Fsp3) is 0.333. The van der Waals surface area contributed by atoms with Gasteiger partial charge in [0.25, 0.3) is 0 Å². The van der Waals surface area contributed by atoms with Crippen LogP contribution in [0.25, 0.3) is 0 Å². The highest BCUT2D eigenvalue weighted by Gasteiger charge is 2.45. The molecular formula is C18H18O7. The highest BCUT2D eigenvalue weighted by atomic mass is 16.6. The van der Waals surface area contributed by atoms with E-state index in [9.17, 15) is 20.4 Å². The lowest BCUT2D eigenvalue weighted by Crippen LogP contribution is -2.08. The molecule has 132 valence electrons. The lowest BCUT2D eigenvalue weighted by Gasteiger charge is -2.04. The number of aromatic hydroxyl groups is 4. The van der Waals surface area contributed by atoms with Crippen LogP contribution in [0.1, 0.15) is 23.3 Å². The second kappa shape index (κ2) is 6.11. The van der Waals surface area contributed by atoms with Gasteiger partial charge in [0, 0.05) is 11.1 Å². The molecule has 4 rings (SSSR count). The van der Waals surface area contributed by atoms with Crippen LogP contribution in [0.15, 0.2) is 36.4 Å². The normalized spacial score (nSPS) is 27.2. The predicted octanol–water partition coefficient (Wildman–Crippen LogP) is 2.11. The molecule has 4 N–H and O–H groups in total. The largest absolute Gasteiger partial charge is 0.504 e. The van der Waals surface area contributed by atoms with Gasteiger partial charge in [0.1, 0.15) is 24.4 Å². The molecule has 0 aromatic heterocycles. The Balaban J connectivity index is 1.25. The maximum Gasteiger partial charge on any atom is 0.163 e. The van der Waals surface area contributed by atoms with Gasteiger partial charge in [-0.2, -0.15) is 0 Å². The van der Waals surface area contributed by atoms with Crippen LogP contribution in [-0.4, -0.2) is 45.8 Å². The maximum atomic E-state index is 9.82. The molecule has 0 radical (unpaired) electrons. The average Bonchev–Trinajstić information content (AvgIpc) is 3.50. The minimum Gasteiger partial charge on any atom is -0.504 e. The van der Waals surface area contributed by atoms with Crippen LogP contribution in [0, 0.1) is 0 Å². The Morgan fingerprint density at radius 2 is 1.16 bits per heavy atom. The van der Waals surface area contributed by atoms with Crippen LogP contribution >= 0.6 is 0 Å². The number of benzene rings is 2. The summed E-state index contributed by atoms with van der Waals surface area (Å²) in [5.74, 6) is -0.680. The van der Waals surface area contributed by atoms with Crippen molar-refractivity contribution in [1.29, 1.82) is 0 Å². The fourth-order valence-electron chi connectivity index (χ4n) is 2.94. The summed E-state index contributed by atoms with van der Waals surface area (Å²) in [6.45, 7) is 0.663. The summed E-state index contributed by atoms with van der Waals surface area (Å²) >= 11 is 0. The fourth-order valence-corrected chi connectivity index (χ4v) is 2.94. The maximum absolute atomic E-state index is 9.82. The van der Waals surface area contributed by atoms with Crippen LogP contribution in [0.4, 0.5) is 0 Å². The van der Waals surface area contributed by atoms with Gasteiger partial charge in [-0.25, -0.2) is 0 Å². The van der Waals surface area contributed by atoms with Gasteiger partial charge < -0.3 is 34.6 Å². The van der Waals surface area contributed by atoms with Crippen LogP contribution < -0.4 is 0 Å². The summed E-state index contributed by atoms with van der Waals surface area (Å²) in [6, 6.07) is 9.51. The molecular weight excluding hydrogens is 328 g/mol. The van der Waals surface area contributed by atoms with E-state index in [2.05, 4.69) is 0 Å². The highest BCUT2D eigenvalue weighted by Crippen LogP contribution is 2.47. The van der Waals surface area contributed by atoms with Crippen molar-refractivity contribution in [2.24, 2.45) is 0 Å². The average molecular weight is 346 g/mol. The zero-order chi connectivity index (χ0) is 17.6. The van der Waals surface area contributed by atoms with E-state index in [1.807, 2.05) is 0 Å². The topological polar surface area (TPSA) is 115 Å². The van der Waals surface area contributed by atoms with Crippen molar-refractivity contribution < 1.29 is 34.6 Å². The van der Waals surface area contributed by atoms with Gasteiger partial charge in [0.2, 0.25) is 0 Å². The summed E-state index contributed by atoms with van der Waals surface area (Å²) in [6.07, 6.45) is -0.950. The van der Waals surface area contributed by atoms with Crippen LogP contribution in [0.3, 0.4) is 0 Å².